The summed E-state index contributed by atoms with van der Waals surface area (Å²) in [5, 5.41) is 15.5. The standard InChI is InChI=1S/C29H33N3O5/c1-36-28(34)24-20-23(31-29(35)30-17-9-19-32-18-8-14-26(32)33)15-16-25(24)37-27(21-10-4-2-5-11-21)22-12-6-3-7-13-22/h2-7,10-13,15-16,20,26-27,33H,8-9,14,17-19H2,1H3,(H2,30,31,35). The molecule has 8 heteroatoms. The van der Waals surface area contributed by atoms with Gasteiger partial charge >= 0.3 is 12.0 Å². The van der Waals surface area contributed by atoms with Gasteiger partial charge in [-0.25, -0.2) is 9.59 Å². The highest BCUT2D eigenvalue weighted by Gasteiger charge is 2.22. The van der Waals surface area contributed by atoms with E-state index in [9.17, 15) is 14.7 Å². The molecule has 3 aromatic carbocycles. The molecule has 3 N–H and O–H groups in total. The second-order valence-corrected chi connectivity index (χ2v) is 8.92. The van der Waals surface area contributed by atoms with Gasteiger partial charge in [-0.2, -0.15) is 0 Å². The SMILES string of the molecule is COC(=O)c1cc(NC(=O)NCCCN2CCCC2O)ccc1OC(c1ccccc1)c1ccccc1. The minimum absolute atomic E-state index is 0.209. The van der Waals surface area contributed by atoms with Gasteiger partial charge in [0.15, 0.2) is 0 Å². The van der Waals surface area contributed by atoms with Crippen molar-refractivity contribution >= 4 is 17.7 Å². The summed E-state index contributed by atoms with van der Waals surface area (Å²) in [5.74, 6) is -0.220. The maximum absolute atomic E-state index is 12.6. The Morgan fingerprint density at radius 3 is 2.30 bits per heavy atom. The molecule has 0 saturated carbocycles. The molecule has 1 atom stereocenters. The monoisotopic (exact) mass is 503 g/mol. The largest absolute Gasteiger partial charge is 0.480 e. The van der Waals surface area contributed by atoms with Crippen molar-refractivity contribution in [2.45, 2.75) is 31.6 Å². The second kappa shape index (κ2) is 12.9. The molecule has 1 heterocycles. The summed E-state index contributed by atoms with van der Waals surface area (Å²) in [4.78, 5) is 27.1. The van der Waals surface area contributed by atoms with E-state index >= 15 is 0 Å². The van der Waals surface area contributed by atoms with Gasteiger partial charge in [-0.3, -0.25) is 4.90 Å². The number of hydrogen-bond donors (Lipinski definition) is 3. The summed E-state index contributed by atoms with van der Waals surface area (Å²) in [5.41, 5.74) is 2.52. The van der Waals surface area contributed by atoms with Crippen LogP contribution in [-0.2, 0) is 4.74 Å². The molecule has 37 heavy (non-hydrogen) atoms. The van der Waals surface area contributed by atoms with Gasteiger partial charge in [-0.05, 0) is 48.6 Å². The molecule has 1 saturated heterocycles. The van der Waals surface area contributed by atoms with E-state index in [0.29, 0.717) is 18.0 Å². The Bertz CT molecular complexity index is 1130. The minimum atomic E-state index is -0.567. The summed E-state index contributed by atoms with van der Waals surface area (Å²) < 4.78 is 11.4. The third-order valence-electron chi connectivity index (χ3n) is 6.33. The predicted molar refractivity (Wildman–Crippen MR) is 142 cm³/mol. The Balaban J connectivity index is 1.44. The Labute approximate surface area is 217 Å². The van der Waals surface area contributed by atoms with E-state index in [1.807, 2.05) is 65.6 Å². The number of esters is 1. The fraction of sp³-hybridized carbons (Fsp3) is 0.310. The molecule has 194 valence electrons. The number of carbonyl (C=O) groups excluding carboxylic acids is 2. The summed E-state index contributed by atoms with van der Waals surface area (Å²) in [6.07, 6.45) is 1.70. The van der Waals surface area contributed by atoms with Crippen molar-refractivity contribution in [3.63, 3.8) is 0 Å². The van der Waals surface area contributed by atoms with Crippen molar-refractivity contribution in [2.24, 2.45) is 0 Å². The number of likely N-dealkylation sites (tertiary alicyclic amines) is 1. The smallest absolute Gasteiger partial charge is 0.341 e. The van der Waals surface area contributed by atoms with E-state index in [1.165, 1.54) is 7.11 Å². The first-order chi connectivity index (χ1) is 18.0. The highest BCUT2D eigenvalue weighted by molar-refractivity contribution is 5.96. The summed E-state index contributed by atoms with van der Waals surface area (Å²) in [7, 11) is 1.31. The fourth-order valence-corrected chi connectivity index (χ4v) is 4.42. The zero-order chi connectivity index (χ0) is 26.0. The molecule has 3 aromatic rings. The second-order valence-electron chi connectivity index (χ2n) is 8.92. The third-order valence-corrected chi connectivity index (χ3v) is 6.33. The lowest BCUT2D eigenvalue weighted by molar-refractivity contribution is 0.0378. The van der Waals surface area contributed by atoms with Crippen LogP contribution < -0.4 is 15.4 Å². The molecule has 1 fully saturated rings. The highest BCUT2D eigenvalue weighted by atomic mass is 16.5. The molecule has 0 radical (unpaired) electrons. The topological polar surface area (TPSA) is 100 Å². The fourth-order valence-electron chi connectivity index (χ4n) is 4.42. The summed E-state index contributed by atoms with van der Waals surface area (Å²) >= 11 is 0. The van der Waals surface area contributed by atoms with Gasteiger partial charge in [0, 0.05) is 25.3 Å². The Morgan fingerprint density at radius 1 is 1.03 bits per heavy atom. The summed E-state index contributed by atoms with van der Waals surface area (Å²) in [6.45, 7) is 2.08. The van der Waals surface area contributed by atoms with Gasteiger partial charge in [-0.15, -0.1) is 0 Å². The van der Waals surface area contributed by atoms with Crippen LogP contribution in [0.1, 0.15) is 46.9 Å². The van der Waals surface area contributed by atoms with Crippen molar-refractivity contribution in [2.75, 3.05) is 32.1 Å². The Morgan fingerprint density at radius 2 is 1.70 bits per heavy atom. The number of urea groups is 1. The highest BCUT2D eigenvalue weighted by Crippen LogP contribution is 2.32. The molecular weight excluding hydrogens is 470 g/mol. The number of benzene rings is 3. The quantitative estimate of drug-likeness (QED) is 0.277. The molecule has 1 aliphatic rings. The van der Waals surface area contributed by atoms with Crippen molar-refractivity contribution in [3.8, 4) is 5.75 Å². The van der Waals surface area contributed by atoms with Crippen molar-refractivity contribution in [1.82, 2.24) is 10.2 Å². The number of hydrogen-bond acceptors (Lipinski definition) is 6. The number of amides is 2. The lowest BCUT2D eigenvalue weighted by atomic mass is 10.0. The molecule has 0 bridgehead atoms. The number of nitrogens with one attached hydrogen (secondary N) is 2. The number of ether oxygens (including phenoxy) is 2. The first-order valence-corrected chi connectivity index (χ1v) is 12.5. The first-order valence-electron chi connectivity index (χ1n) is 12.5. The van der Waals surface area contributed by atoms with E-state index < -0.39 is 12.1 Å². The van der Waals surface area contributed by atoms with E-state index in [2.05, 4.69) is 10.6 Å². The van der Waals surface area contributed by atoms with Crippen LogP contribution >= 0.6 is 0 Å². The van der Waals surface area contributed by atoms with Crippen LogP contribution in [0.4, 0.5) is 10.5 Å². The van der Waals surface area contributed by atoms with Crippen LogP contribution in [0.3, 0.4) is 0 Å². The number of carbonyl (C=O) groups is 2. The molecule has 4 rings (SSSR count). The number of anilines is 1. The van der Waals surface area contributed by atoms with Crippen LogP contribution in [0.15, 0.2) is 78.9 Å². The van der Waals surface area contributed by atoms with E-state index in [4.69, 9.17) is 9.47 Å². The normalized spacial score (nSPS) is 15.4. The molecule has 0 spiro atoms. The van der Waals surface area contributed by atoms with Crippen LogP contribution in [-0.4, -0.2) is 55.0 Å². The lowest BCUT2D eigenvalue weighted by Crippen LogP contribution is -2.34. The molecule has 1 aliphatic heterocycles. The van der Waals surface area contributed by atoms with Crippen LogP contribution in [0.2, 0.25) is 0 Å². The van der Waals surface area contributed by atoms with Crippen LogP contribution in [0.25, 0.3) is 0 Å². The zero-order valence-corrected chi connectivity index (χ0v) is 20.9. The maximum atomic E-state index is 12.6. The van der Waals surface area contributed by atoms with Gasteiger partial charge in [0.05, 0.1) is 7.11 Å². The number of nitrogens with zero attached hydrogens (tertiary/aromatic N) is 1. The number of aliphatic hydroxyl groups excluding tert-OH is 1. The van der Waals surface area contributed by atoms with Gasteiger partial charge in [0.2, 0.25) is 0 Å². The minimum Gasteiger partial charge on any atom is -0.480 e. The van der Waals surface area contributed by atoms with Gasteiger partial charge in [0.25, 0.3) is 0 Å². The van der Waals surface area contributed by atoms with Gasteiger partial charge < -0.3 is 25.2 Å². The van der Waals surface area contributed by atoms with Crippen LogP contribution in [0, 0.1) is 0 Å². The van der Waals surface area contributed by atoms with Crippen LogP contribution in [0.5, 0.6) is 5.75 Å². The molecule has 0 aliphatic carbocycles. The first kappa shape index (κ1) is 26.2. The van der Waals surface area contributed by atoms with Crippen molar-refractivity contribution in [3.05, 3.63) is 95.6 Å². The maximum Gasteiger partial charge on any atom is 0.341 e. The molecule has 8 nitrogen and oxygen atoms in total. The average Bonchev–Trinajstić information content (AvgIpc) is 3.35. The third kappa shape index (κ3) is 7.09. The molecule has 2 amide bonds. The van der Waals surface area contributed by atoms with E-state index in [0.717, 1.165) is 43.5 Å². The number of aliphatic hydroxyl groups is 1. The predicted octanol–water partition coefficient (Wildman–Crippen LogP) is 4.57. The summed E-state index contributed by atoms with van der Waals surface area (Å²) in [6, 6.07) is 24.0. The van der Waals surface area contributed by atoms with Gasteiger partial charge in [0.1, 0.15) is 23.6 Å². The van der Waals surface area contributed by atoms with E-state index in [1.54, 1.807) is 18.2 Å². The van der Waals surface area contributed by atoms with Gasteiger partial charge in [-0.1, -0.05) is 60.7 Å². The zero-order valence-electron chi connectivity index (χ0n) is 20.9. The Kier molecular flexibility index (Phi) is 9.13. The molecular formula is C29H33N3O5. The molecule has 1 unspecified atom stereocenters. The number of rotatable bonds is 10. The Hall–Kier alpha value is -3.88. The average molecular weight is 504 g/mol. The van der Waals surface area contributed by atoms with E-state index in [-0.39, 0.29) is 17.8 Å². The van der Waals surface area contributed by atoms with Crippen molar-refractivity contribution in [1.29, 1.82) is 0 Å². The molecule has 0 aromatic heterocycles. The lowest BCUT2D eigenvalue weighted by Gasteiger charge is -2.22. The van der Waals surface area contributed by atoms with Crippen molar-refractivity contribution < 1.29 is 24.2 Å². The number of methoxy groups -OCH3 is 1.